The summed E-state index contributed by atoms with van der Waals surface area (Å²) in [5.74, 6) is -1.17. The summed E-state index contributed by atoms with van der Waals surface area (Å²) in [5.41, 5.74) is 5.43. The Balaban J connectivity index is 1.51. The number of carbonyl (C=O) groups is 3. The lowest BCUT2D eigenvalue weighted by molar-refractivity contribution is -0.139. The van der Waals surface area contributed by atoms with E-state index in [4.69, 9.17) is 23.7 Å². The molecule has 3 aromatic rings. The van der Waals surface area contributed by atoms with E-state index in [0.717, 1.165) is 22.4 Å². The zero-order valence-corrected chi connectivity index (χ0v) is 32.7. The van der Waals surface area contributed by atoms with E-state index in [1.165, 1.54) is 0 Å². The number of hydrogen-bond acceptors (Lipinski definition) is 12. The number of aliphatic carboxylic acids is 3. The molecule has 302 valence electrons. The second kappa shape index (κ2) is 17.7. The van der Waals surface area contributed by atoms with Crippen molar-refractivity contribution in [3.63, 3.8) is 0 Å². The van der Waals surface area contributed by atoms with Gasteiger partial charge in [0.25, 0.3) is 0 Å². The van der Waals surface area contributed by atoms with Gasteiger partial charge in [-0.1, -0.05) is 18.2 Å². The maximum absolute atomic E-state index is 12.3. The Labute approximate surface area is 331 Å². The molecule has 3 N–H and O–H groups in total. The summed E-state index contributed by atoms with van der Waals surface area (Å²) in [6.07, 6.45) is 6.03. The van der Waals surface area contributed by atoms with Crippen LogP contribution in [0.1, 0.15) is 16.7 Å². The van der Waals surface area contributed by atoms with Crippen molar-refractivity contribution in [1.82, 2.24) is 4.90 Å². The van der Waals surface area contributed by atoms with Gasteiger partial charge in [-0.25, -0.2) is 4.79 Å². The van der Waals surface area contributed by atoms with Crippen molar-refractivity contribution in [3.8, 4) is 23.0 Å². The molecule has 2 aliphatic heterocycles. The number of allylic oxidation sites excluding steroid dienone is 1. The number of likely N-dealkylation sites (N-methyl/N-ethyl adjacent to an activating group) is 1. The molecular weight excluding hydrogens is 736 g/mol. The van der Waals surface area contributed by atoms with Crippen LogP contribution in [0.5, 0.6) is 23.0 Å². The Bertz CT molecular complexity index is 2110. The lowest BCUT2D eigenvalue weighted by Gasteiger charge is -2.32. The van der Waals surface area contributed by atoms with Crippen LogP contribution in [0.3, 0.4) is 0 Å². The third-order valence-electron chi connectivity index (χ3n) is 9.62. The van der Waals surface area contributed by atoms with Crippen molar-refractivity contribution in [2.75, 3.05) is 102 Å². The third kappa shape index (κ3) is 9.62. The molecule has 0 amide bonds. The lowest BCUT2D eigenvalue weighted by Crippen LogP contribution is -2.35. The number of carboxylic acids is 3. The average molecular weight is 785 g/mol. The molecule has 1 unspecified atom stereocenters. The highest BCUT2D eigenvalue weighted by Crippen LogP contribution is 2.49. The molecule has 15 heteroatoms. The van der Waals surface area contributed by atoms with E-state index < -0.39 is 31.1 Å². The second-order valence-corrected chi connectivity index (χ2v) is 14.2. The molecule has 15 nitrogen and oxygen atoms in total. The van der Waals surface area contributed by atoms with Gasteiger partial charge in [0, 0.05) is 73.3 Å². The molecule has 57 heavy (non-hydrogen) atoms. The van der Waals surface area contributed by atoms with Crippen molar-refractivity contribution in [3.05, 3.63) is 94.8 Å². The van der Waals surface area contributed by atoms with Crippen molar-refractivity contribution < 1.29 is 53.4 Å². The molecule has 1 atom stereocenters. The van der Waals surface area contributed by atoms with Crippen molar-refractivity contribution in [2.24, 2.45) is 0 Å². The zero-order valence-electron chi connectivity index (χ0n) is 32.7. The monoisotopic (exact) mass is 784 g/mol. The maximum atomic E-state index is 12.3. The van der Waals surface area contributed by atoms with E-state index in [-0.39, 0.29) is 57.9 Å². The Morgan fingerprint density at radius 2 is 1.44 bits per heavy atom. The molecule has 0 saturated heterocycles. The zero-order chi connectivity index (χ0) is 40.8. The predicted molar refractivity (Wildman–Crippen MR) is 214 cm³/mol. The first-order valence-corrected chi connectivity index (χ1v) is 18.5. The average Bonchev–Trinajstić information content (AvgIpc) is 3.16. The number of rotatable bonds is 10. The van der Waals surface area contributed by atoms with E-state index in [2.05, 4.69) is 0 Å². The third-order valence-corrected chi connectivity index (χ3v) is 9.62. The quantitative estimate of drug-likeness (QED) is 0.265. The van der Waals surface area contributed by atoms with Crippen LogP contribution in [0, 0.1) is 6.92 Å². The maximum Gasteiger partial charge on any atom is 0.341 e. The summed E-state index contributed by atoms with van der Waals surface area (Å²) in [6.45, 7) is 1.13. The number of anilines is 3. The fourth-order valence-electron chi connectivity index (χ4n) is 6.84. The molecule has 0 aromatic heterocycles. The molecule has 0 fully saturated rings. The van der Waals surface area contributed by atoms with Crippen molar-refractivity contribution >= 4 is 40.5 Å². The van der Waals surface area contributed by atoms with Crippen molar-refractivity contribution in [1.29, 1.82) is 0 Å². The molecule has 6 rings (SSSR count). The molecule has 0 saturated carbocycles. The highest BCUT2D eigenvalue weighted by molar-refractivity contribution is 5.94. The van der Waals surface area contributed by atoms with E-state index in [9.17, 15) is 29.7 Å². The molecule has 3 aromatic carbocycles. The number of carboxylic acid groups (broad SMARTS) is 3. The molecule has 0 radical (unpaired) electrons. The van der Waals surface area contributed by atoms with Crippen LogP contribution in [-0.4, -0.2) is 132 Å². The van der Waals surface area contributed by atoms with Gasteiger partial charge in [0.1, 0.15) is 55.1 Å². The number of nitrogens with zero attached hydrogens (tertiary/aromatic N) is 4. The number of aryl methyl sites for hydroxylation is 1. The minimum absolute atomic E-state index is 0.0128. The van der Waals surface area contributed by atoms with E-state index in [1.54, 1.807) is 21.9 Å². The first kappa shape index (κ1) is 40.5. The number of benzene rings is 3. The number of fused-ring (bicyclic) bond motifs is 4. The van der Waals surface area contributed by atoms with Crippen LogP contribution in [0.15, 0.2) is 78.1 Å². The second-order valence-electron chi connectivity index (χ2n) is 14.2. The van der Waals surface area contributed by atoms with Gasteiger partial charge in [-0.3, -0.25) is 14.5 Å². The molecule has 3 aliphatic rings. The molecule has 0 bridgehead atoms. The minimum atomic E-state index is -1.19. The topological polar surface area (TPSA) is 171 Å². The van der Waals surface area contributed by atoms with E-state index in [1.807, 2.05) is 99.5 Å². The Kier molecular flexibility index (Phi) is 12.6. The van der Waals surface area contributed by atoms with Crippen LogP contribution in [0.25, 0.3) is 5.57 Å². The number of ether oxygens (including phenoxy) is 5. The summed E-state index contributed by atoms with van der Waals surface area (Å²) in [5, 5.41) is 29.5. The van der Waals surface area contributed by atoms with E-state index >= 15 is 0 Å². The first-order chi connectivity index (χ1) is 27.3. The molecule has 0 spiro atoms. The highest BCUT2D eigenvalue weighted by atomic mass is 16.5. The fraction of sp³-hybridized carbons (Fsp3) is 0.357. The normalized spacial score (nSPS) is 16.9. The summed E-state index contributed by atoms with van der Waals surface area (Å²) >= 11 is 0. The fourth-order valence-corrected chi connectivity index (χ4v) is 6.84. The van der Waals surface area contributed by atoms with Crippen molar-refractivity contribution in [2.45, 2.75) is 13.0 Å². The van der Waals surface area contributed by atoms with Gasteiger partial charge in [-0.2, -0.15) is 0 Å². The van der Waals surface area contributed by atoms with Gasteiger partial charge >= 0.3 is 17.9 Å². The van der Waals surface area contributed by atoms with Gasteiger partial charge in [-0.15, -0.1) is 0 Å². The Morgan fingerprint density at radius 3 is 2.07 bits per heavy atom. The summed E-state index contributed by atoms with van der Waals surface area (Å²) < 4.78 is 31.2. The van der Waals surface area contributed by atoms with Gasteiger partial charge in [0.05, 0.1) is 24.6 Å². The van der Waals surface area contributed by atoms with Gasteiger partial charge in [-0.05, 0) is 63.0 Å². The first-order valence-electron chi connectivity index (χ1n) is 18.5. The molecular formula is C42H48N4O11. The highest BCUT2D eigenvalue weighted by Gasteiger charge is 2.32. The van der Waals surface area contributed by atoms with Crippen LogP contribution in [0.4, 0.5) is 17.1 Å². The van der Waals surface area contributed by atoms with Crippen LogP contribution >= 0.6 is 0 Å². The molecule has 1 aliphatic carbocycles. The van der Waals surface area contributed by atoms with Gasteiger partial charge in [0.15, 0.2) is 6.61 Å². The molecule has 2 heterocycles. The summed E-state index contributed by atoms with van der Waals surface area (Å²) in [4.78, 5) is 43.3. The SMILES string of the molecule is Cc1ccc2c(c1)OCCOc1cc(C3=C4C=CC(N(C)C)C=C4Oc4cc(N(C)C)ccc43)c(OCC(=O)O)cc1N(CC(=O)O)CCOCCN2CC(=O)O. The Hall–Kier alpha value is -6.19. The van der Waals surface area contributed by atoms with Crippen LogP contribution < -0.4 is 33.6 Å². The Morgan fingerprint density at radius 1 is 0.772 bits per heavy atom. The number of hydrogen-bond donors (Lipinski definition) is 3. The largest absolute Gasteiger partial charge is 0.488 e. The van der Waals surface area contributed by atoms with Crippen LogP contribution in [-0.2, 0) is 19.1 Å². The van der Waals surface area contributed by atoms with Gasteiger partial charge in [0.2, 0.25) is 0 Å². The van der Waals surface area contributed by atoms with E-state index in [0.29, 0.717) is 45.5 Å². The standard InChI is InChI=1S/C42H48N4O11/c1-26-6-11-32-37(18-26)54-16-17-55-38-21-31(42-29-9-7-27(43(2)3)19-35(29)57-36-20-28(44(4)5)8-10-30(36)42)34(56-25-41(51)52)22-33(38)46(24-40(49)50)13-15-53-14-12-45(32)23-39(47)48/h6-11,18-22,27H,12-17,23-25H2,1-5H3,(H,47,48)(H,49,50)(H,51,52). The smallest absolute Gasteiger partial charge is 0.341 e. The minimum Gasteiger partial charge on any atom is -0.488 e. The van der Waals surface area contributed by atoms with Crippen LogP contribution in [0.2, 0.25) is 0 Å². The summed E-state index contributed by atoms with van der Waals surface area (Å²) in [7, 11) is 7.81. The predicted octanol–water partition coefficient (Wildman–Crippen LogP) is 4.37. The van der Waals surface area contributed by atoms with Gasteiger partial charge < -0.3 is 53.7 Å². The lowest BCUT2D eigenvalue weighted by atomic mass is 9.86. The summed E-state index contributed by atoms with van der Waals surface area (Å²) in [6, 6.07) is 14.7.